The van der Waals surface area contributed by atoms with Crippen LogP contribution in [0.2, 0.25) is 18.0 Å². The molecule has 4 rings (SSSR count). The molecule has 1 fully saturated rings. The van der Waals surface area contributed by atoms with Crippen molar-refractivity contribution >= 4 is 26.0 Å². The van der Waals surface area contributed by atoms with Gasteiger partial charge in [-0.25, -0.2) is 0 Å². The summed E-state index contributed by atoms with van der Waals surface area (Å²) in [5.74, 6) is 0. The van der Waals surface area contributed by atoms with Crippen molar-refractivity contribution in [3.05, 3.63) is 72.3 Å². The van der Waals surface area contributed by atoms with Gasteiger partial charge in [0.05, 0.1) is 19.3 Å². The lowest BCUT2D eigenvalue weighted by molar-refractivity contribution is 0.00578. The molecule has 0 spiro atoms. The van der Waals surface area contributed by atoms with Crippen LogP contribution in [-0.2, 0) is 9.31 Å². The van der Waals surface area contributed by atoms with Gasteiger partial charge in [0.15, 0.2) is 0 Å². The minimum absolute atomic E-state index is 0.0788. The first kappa shape index (κ1) is 19.7. The molecule has 1 aliphatic heterocycles. The predicted molar refractivity (Wildman–Crippen MR) is 121 cm³/mol. The van der Waals surface area contributed by atoms with E-state index in [1.54, 1.807) is 0 Å². The van der Waals surface area contributed by atoms with Crippen molar-refractivity contribution in [2.45, 2.75) is 63.3 Å². The highest BCUT2D eigenvalue weighted by molar-refractivity contribution is 7.00. The molecule has 2 aromatic carbocycles. The van der Waals surface area contributed by atoms with Crippen LogP contribution >= 0.6 is 0 Å². The van der Waals surface area contributed by atoms with E-state index < -0.39 is 8.07 Å². The lowest BCUT2D eigenvalue weighted by atomic mass is 9.59. The fourth-order valence-corrected chi connectivity index (χ4v) is 7.90. The molecule has 0 bridgehead atoms. The quantitative estimate of drug-likeness (QED) is 0.646. The summed E-state index contributed by atoms with van der Waals surface area (Å²) < 4.78 is 13.3. The second-order valence-electron chi connectivity index (χ2n) is 9.83. The first-order valence-corrected chi connectivity index (χ1v) is 13.3. The van der Waals surface area contributed by atoms with E-state index in [1.165, 1.54) is 16.3 Å². The molecule has 1 unspecified atom stereocenters. The maximum Gasteiger partial charge on any atom is 0.466 e. The zero-order chi connectivity index (χ0) is 20.2. The van der Waals surface area contributed by atoms with Gasteiger partial charge in [-0.3, -0.25) is 0 Å². The highest BCUT2D eigenvalue weighted by Gasteiger charge is 2.66. The predicted octanol–water partition coefficient (Wildman–Crippen LogP) is 5.46. The summed E-state index contributed by atoms with van der Waals surface area (Å²) in [6, 6.07) is 21.7. The van der Waals surface area contributed by atoms with Crippen LogP contribution in [0, 0.1) is 0 Å². The molecule has 2 aliphatic rings. The maximum atomic E-state index is 6.63. The van der Waals surface area contributed by atoms with Crippen molar-refractivity contribution in [2.75, 3.05) is 0 Å². The normalized spacial score (nSPS) is 25.9. The highest BCUT2D eigenvalue weighted by atomic mass is 28.3. The summed E-state index contributed by atoms with van der Waals surface area (Å²) in [4.78, 5) is -0.0788. The van der Waals surface area contributed by atoms with Gasteiger partial charge in [0.1, 0.15) is 0 Å². The van der Waals surface area contributed by atoms with E-state index in [0.29, 0.717) is 0 Å². The number of hydrogen-bond donors (Lipinski definition) is 0. The Bertz CT molecular complexity index is 873. The highest BCUT2D eigenvalue weighted by Crippen LogP contribution is 2.61. The minimum atomic E-state index is -1.94. The molecule has 0 radical (unpaired) electrons. The van der Waals surface area contributed by atoms with Crippen molar-refractivity contribution in [1.82, 2.24) is 0 Å². The number of allylic oxidation sites excluding steroid dienone is 2. The molecule has 2 nitrogen and oxygen atoms in total. The average Bonchev–Trinajstić information content (AvgIpc) is 2.83. The van der Waals surface area contributed by atoms with Crippen LogP contribution in [0.4, 0.5) is 0 Å². The van der Waals surface area contributed by atoms with Gasteiger partial charge in [-0.1, -0.05) is 85.0 Å². The van der Waals surface area contributed by atoms with E-state index in [4.69, 9.17) is 9.31 Å². The Balaban J connectivity index is 1.80. The van der Waals surface area contributed by atoms with Crippen LogP contribution in [0.5, 0.6) is 0 Å². The molecule has 4 heteroatoms. The second-order valence-corrected chi connectivity index (χ2v) is 14.6. The van der Waals surface area contributed by atoms with E-state index in [0.717, 1.165) is 6.42 Å². The number of benzene rings is 2. The van der Waals surface area contributed by atoms with Crippen LogP contribution in [0.15, 0.2) is 66.7 Å². The molecular formula is C24H31BO2Si. The van der Waals surface area contributed by atoms with Gasteiger partial charge in [0.2, 0.25) is 0 Å². The molecular weight excluding hydrogens is 359 g/mol. The summed E-state index contributed by atoms with van der Waals surface area (Å²) in [6.45, 7) is 13.5. The summed E-state index contributed by atoms with van der Waals surface area (Å²) in [7, 11) is -2.15. The zero-order valence-electron chi connectivity index (χ0n) is 18.0. The first-order valence-electron chi connectivity index (χ1n) is 10.3. The molecule has 1 aliphatic carbocycles. The van der Waals surface area contributed by atoms with E-state index >= 15 is 0 Å². The fraction of sp³-hybridized carbons (Fsp3) is 0.417. The van der Waals surface area contributed by atoms with E-state index in [9.17, 15) is 0 Å². The number of hydrogen-bond acceptors (Lipinski definition) is 2. The van der Waals surface area contributed by atoms with Crippen LogP contribution in [-0.4, -0.2) is 26.4 Å². The second kappa shape index (κ2) is 6.45. The van der Waals surface area contributed by atoms with Crippen molar-refractivity contribution in [2.24, 2.45) is 0 Å². The summed E-state index contributed by atoms with van der Waals surface area (Å²) in [5.41, 5.74) is 2.09. The molecule has 1 heterocycles. The molecule has 146 valence electrons. The summed E-state index contributed by atoms with van der Waals surface area (Å²) in [6.07, 6.45) is 3.48. The van der Waals surface area contributed by atoms with Gasteiger partial charge in [-0.2, -0.15) is 0 Å². The smallest absolute Gasteiger partial charge is 0.403 e. The maximum absolute atomic E-state index is 6.63. The molecule has 2 aromatic rings. The van der Waals surface area contributed by atoms with Gasteiger partial charge < -0.3 is 9.31 Å². The van der Waals surface area contributed by atoms with E-state index in [2.05, 4.69) is 108 Å². The van der Waals surface area contributed by atoms with Crippen LogP contribution in [0.1, 0.15) is 39.7 Å². The molecule has 1 atom stereocenters. The van der Waals surface area contributed by atoms with E-state index in [1.807, 2.05) is 0 Å². The standard InChI is InChI=1S/C24H31BO2Si/c1-22(2)23(3,4)27-25(26-22)24(28(5,6)21-15-11-8-12-16-21)17-20(18-24)19-13-9-7-10-14-19/h7-17H,18H2,1-6H3. The third kappa shape index (κ3) is 2.85. The van der Waals surface area contributed by atoms with Gasteiger partial charge in [0.25, 0.3) is 0 Å². The molecule has 0 N–H and O–H groups in total. The summed E-state index contributed by atoms with van der Waals surface area (Å²) in [5, 5.41) is 1.45. The third-order valence-corrected chi connectivity index (χ3v) is 12.1. The van der Waals surface area contributed by atoms with Gasteiger partial charge in [0, 0.05) is 4.94 Å². The Morgan fingerprint density at radius 1 is 0.786 bits per heavy atom. The van der Waals surface area contributed by atoms with Crippen molar-refractivity contribution < 1.29 is 9.31 Å². The SMILES string of the molecule is CC1(C)OB(C2([Si](C)(C)c3ccccc3)C=C(c3ccccc3)C2)OC1(C)C. The minimum Gasteiger partial charge on any atom is -0.403 e. The lowest BCUT2D eigenvalue weighted by Gasteiger charge is -2.51. The summed E-state index contributed by atoms with van der Waals surface area (Å²) >= 11 is 0. The van der Waals surface area contributed by atoms with E-state index in [-0.39, 0.29) is 23.3 Å². The van der Waals surface area contributed by atoms with Gasteiger partial charge >= 0.3 is 7.12 Å². The largest absolute Gasteiger partial charge is 0.466 e. The molecule has 28 heavy (non-hydrogen) atoms. The lowest BCUT2D eigenvalue weighted by Crippen LogP contribution is -2.61. The monoisotopic (exact) mass is 390 g/mol. The fourth-order valence-electron chi connectivity index (χ4n) is 4.46. The Hall–Kier alpha value is -1.62. The number of rotatable bonds is 4. The van der Waals surface area contributed by atoms with Crippen molar-refractivity contribution in [3.63, 3.8) is 0 Å². The van der Waals surface area contributed by atoms with Crippen LogP contribution in [0.3, 0.4) is 0 Å². The Labute approximate surface area is 171 Å². The van der Waals surface area contributed by atoms with Gasteiger partial charge in [-0.05, 0) is 45.3 Å². The van der Waals surface area contributed by atoms with Gasteiger partial charge in [-0.15, -0.1) is 0 Å². The first-order chi connectivity index (χ1) is 13.1. The molecule has 0 aromatic heterocycles. The molecule has 0 amide bonds. The average molecular weight is 390 g/mol. The Morgan fingerprint density at radius 3 is 1.75 bits per heavy atom. The van der Waals surface area contributed by atoms with Crippen molar-refractivity contribution in [3.8, 4) is 0 Å². The Morgan fingerprint density at radius 2 is 1.25 bits per heavy atom. The third-order valence-electron chi connectivity index (χ3n) is 7.39. The van der Waals surface area contributed by atoms with Crippen LogP contribution in [0.25, 0.3) is 5.57 Å². The molecule has 0 saturated carbocycles. The topological polar surface area (TPSA) is 18.5 Å². The Kier molecular flexibility index (Phi) is 4.53. The van der Waals surface area contributed by atoms with Crippen molar-refractivity contribution in [1.29, 1.82) is 0 Å². The van der Waals surface area contributed by atoms with Crippen LogP contribution < -0.4 is 5.19 Å². The molecule has 1 saturated heterocycles. The zero-order valence-corrected chi connectivity index (χ0v) is 19.0.